The number of thiocarbonyl (C=S) groups is 1. The molecule has 0 atom stereocenters. The van der Waals surface area contributed by atoms with Crippen molar-refractivity contribution in [3.63, 3.8) is 0 Å². The van der Waals surface area contributed by atoms with Gasteiger partial charge in [-0.3, -0.25) is 4.90 Å². The summed E-state index contributed by atoms with van der Waals surface area (Å²) in [5.74, 6) is 0. The Morgan fingerprint density at radius 3 is 2.59 bits per heavy atom. The van der Waals surface area contributed by atoms with Crippen LogP contribution in [-0.2, 0) is 4.74 Å². The summed E-state index contributed by atoms with van der Waals surface area (Å²) in [6.45, 7) is 4.51. The molecule has 1 aliphatic heterocycles. The van der Waals surface area contributed by atoms with E-state index in [1.807, 2.05) is 0 Å². The molecule has 1 aliphatic carbocycles. The van der Waals surface area contributed by atoms with E-state index in [0.717, 1.165) is 38.1 Å². The van der Waals surface area contributed by atoms with Crippen LogP contribution in [0.3, 0.4) is 0 Å². The Hall–Kier alpha value is -0.390. The van der Waals surface area contributed by atoms with Crippen molar-refractivity contribution in [1.82, 2.24) is 15.5 Å². The van der Waals surface area contributed by atoms with Crippen molar-refractivity contribution in [3.05, 3.63) is 0 Å². The summed E-state index contributed by atoms with van der Waals surface area (Å²) in [6.07, 6.45) is 6.58. The Balaban J connectivity index is 1.59. The van der Waals surface area contributed by atoms with Crippen LogP contribution in [0.4, 0.5) is 0 Å². The molecule has 5 heteroatoms. The van der Waals surface area contributed by atoms with E-state index in [9.17, 15) is 0 Å². The zero-order valence-electron chi connectivity index (χ0n) is 10.4. The van der Waals surface area contributed by atoms with Crippen LogP contribution < -0.4 is 10.6 Å². The summed E-state index contributed by atoms with van der Waals surface area (Å²) in [5, 5.41) is 7.52. The highest BCUT2D eigenvalue weighted by atomic mass is 32.1. The van der Waals surface area contributed by atoms with Crippen molar-refractivity contribution in [2.45, 2.75) is 38.1 Å². The first kappa shape index (κ1) is 13.1. The molecule has 2 aliphatic rings. The van der Waals surface area contributed by atoms with E-state index < -0.39 is 0 Å². The van der Waals surface area contributed by atoms with E-state index in [1.54, 1.807) is 0 Å². The summed E-state index contributed by atoms with van der Waals surface area (Å²) in [4.78, 5) is 2.33. The second kappa shape index (κ2) is 7.13. The first-order valence-corrected chi connectivity index (χ1v) is 7.10. The number of ether oxygens (including phenoxy) is 1. The maximum absolute atomic E-state index is 5.32. The van der Waals surface area contributed by atoms with E-state index in [1.165, 1.54) is 32.1 Å². The second-order valence-electron chi connectivity index (χ2n) is 4.87. The Kier molecular flexibility index (Phi) is 5.48. The van der Waals surface area contributed by atoms with Gasteiger partial charge in [-0.1, -0.05) is 19.3 Å². The Morgan fingerprint density at radius 2 is 1.88 bits per heavy atom. The fourth-order valence-corrected chi connectivity index (χ4v) is 2.66. The molecule has 17 heavy (non-hydrogen) atoms. The first-order valence-electron chi connectivity index (χ1n) is 6.69. The quantitative estimate of drug-likeness (QED) is 0.740. The number of morpholine rings is 1. The number of rotatable bonds is 3. The largest absolute Gasteiger partial charge is 0.379 e. The van der Waals surface area contributed by atoms with Gasteiger partial charge in [0.2, 0.25) is 0 Å². The third-order valence-corrected chi connectivity index (χ3v) is 3.77. The van der Waals surface area contributed by atoms with Gasteiger partial charge in [-0.25, -0.2) is 0 Å². The molecule has 1 saturated heterocycles. The third kappa shape index (κ3) is 4.77. The van der Waals surface area contributed by atoms with Gasteiger partial charge in [0, 0.05) is 19.1 Å². The normalized spacial score (nSPS) is 23.3. The van der Waals surface area contributed by atoms with Crippen LogP contribution >= 0.6 is 12.2 Å². The van der Waals surface area contributed by atoms with Gasteiger partial charge in [0.15, 0.2) is 5.11 Å². The number of nitrogens with one attached hydrogen (secondary N) is 2. The van der Waals surface area contributed by atoms with E-state index >= 15 is 0 Å². The summed E-state index contributed by atoms with van der Waals surface area (Å²) in [6, 6.07) is 0.591. The first-order chi connectivity index (χ1) is 8.34. The lowest BCUT2D eigenvalue weighted by Crippen LogP contribution is -2.48. The van der Waals surface area contributed by atoms with Crippen molar-refractivity contribution >= 4 is 17.3 Å². The van der Waals surface area contributed by atoms with Crippen molar-refractivity contribution in [2.24, 2.45) is 0 Å². The van der Waals surface area contributed by atoms with Gasteiger partial charge < -0.3 is 15.4 Å². The van der Waals surface area contributed by atoms with Crippen LogP contribution in [-0.4, -0.2) is 49.0 Å². The van der Waals surface area contributed by atoms with Gasteiger partial charge in [-0.2, -0.15) is 0 Å². The third-order valence-electron chi connectivity index (χ3n) is 3.51. The zero-order valence-corrected chi connectivity index (χ0v) is 11.2. The highest BCUT2D eigenvalue weighted by Gasteiger charge is 2.14. The molecule has 0 radical (unpaired) electrons. The van der Waals surface area contributed by atoms with Gasteiger partial charge >= 0.3 is 0 Å². The van der Waals surface area contributed by atoms with Crippen molar-refractivity contribution in [2.75, 3.05) is 33.0 Å². The average Bonchev–Trinajstić information content (AvgIpc) is 2.39. The van der Waals surface area contributed by atoms with Gasteiger partial charge in [0.25, 0.3) is 0 Å². The molecule has 0 bridgehead atoms. The minimum Gasteiger partial charge on any atom is -0.379 e. The lowest BCUT2D eigenvalue weighted by molar-refractivity contribution is 0.0366. The van der Waals surface area contributed by atoms with Crippen LogP contribution in [0, 0.1) is 0 Å². The van der Waals surface area contributed by atoms with Crippen molar-refractivity contribution < 1.29 is 4.74 Å². The molecule has 0 aromatic rings. The molecule has 0 aromatic heterocycles. The van der Waals surface area contributed by atoms with Gasteiger partial charge in [-0.15, -0.1) is 0 Å². The monoisotopic (exact) mass is 257 g/mol. The minimum atomic E-state index is 0.591. The lowest BCUT2D eigenvalue weighted by Gasteiger charge is -2.29. The maximum atomic E-state index is 5.32. The van der Waals surface area contributed by atoms with Crippen LogP contribution in [0.1, 0.15) is 32.1 Å². The highest BCUT2D eigenvalue weighted by molar-refractivity contribution is 7.80. The fraction of sp³-hybridized carbons (Fsp3) is 0.917. The Labute approximate surface area is 109 Å². The number of hydrogen-bond acceptors (Lipinski definition) is 3. The van der Waals surface area contributed by atoms with E-state index in [0.29, 0.717) is 6.04 Å². The van der Waals surface area contributed by atoms with E-state index in [-0.39, 0.29) is 0 Å². The predicted molar refractivity (Wildman–Crippen MR) is 73.0 cm³/mol. The Morgan fingerprint density at radius 1 is 1.18 bits per heavy atom. The molecule has 98 valence electrons. The van der Waals surface area contributed by atoms with Gasteiger partial charge in [0.05, 0.1) is 19.9 Å². The molecule has 0 aromatic carbocycles. The predicted octanol–water partition coefficient (Wildman–Crippen LogP) is 1.07. The lowest BCUT2D eigenvalue weighted by atomic mass is 9.96. The summed E-state index contributed by atoms with van der Waals surface area (Å²) < 4.78 is 5.31. The number of nitrogens with zero attached hydrogens (tertiary/aromatic N) is 1. The topological polar surface area (TPSA) is 36.5 Å². The zero-order chi connectivity index (χ0) is 11.9. The molecule has 1 heterocycles. The molecule has 0 unspecified atom stereocenters. The fourth-order valence-electron chi connectivity index (χ4n) is 2.43. The molecule has 0 amide bonds. The average molecular weight is 257 g/mol. The molecule has 1 saturated carbocycles. The standard InChI is InChI=1S/C12H23N3OS/c17-12(14-11-4-2-1-3-5-11)13-10-15-6-8-16-9-7-15/h11H,1-10H2,(H2,13,14,17). The van der Waals surface area contributed by atoms with Crippen molar-refractivity contribution in [1.29, 1.82) is 0 Å². The van der Waals surface area contributed by atoms with Crippen LogP contribution in [0.2, 0.25) is 0 Å². The summed E-state index contributed by atoms with van der Waals surface area (Å²) in [5.41, 5.74) is 0. The van der Waals surface area contributed by atoms with Crippen LogP contribution in [0.5, 0.6) is 0 Å². The highest BCUT2D eigenvalue weighted by Crippen LogP contribution is 2.17. The Bertz CT molecular complexity index is 238. The SMILES string of the molecule is S=C(NCN1CCOCC1)NC1CCCCC1. The van der Waals surface area contributed by atoms with Crippen LogP contribution in [0.15, 0.2) is 0 Å². The van der Waals surface area contributed by atoms with Gasteiger partial charge in [-0.05, 0) is 25.1 Å². The van der Waals surface area contributed by atoms with Crippen molar-refractivity contribution in [3.8, 4) is 0 Å². The second-order valence-corrected chi connectivity index (χ2v) is 5.28. The molecule has 0 spiro atoms. The van der Waals surface area contributed by atoms with Crippen LogP contribution in [0.25, 0.3) is 0 Å². The molecule has 4 nitrogen and oxygen atoms in total. The van der Waals surface area contributed by atoms with E-state index in [2.05, 4.69) is 15.5 Å². The molecular formula is C12H23N3OS. The van der Waals surface area contributed by atoms with E-state index in [4.69, 9.17) is 17.0 Å². The summed E-state index contributed by atoms with van der Waals surface area (Å²) >= 11 is 5.32. The minimum absolute atomic E-state index is 0.591. The molecular weight excluding hydrogens is 234 g/mol. The molecule has 2 N–H and O–H groups in total. The summed E-state index contributed by atoms with van der Waals surface area (Å²) in [7, 11) is 0. The molecule has 2 rings (SSSR count). The number of hydrogen-bond donors (Lipinski definition) is 2. The smallest absolute Gasteiger partial charge is 0.167 e. The molecule has 2 fully saturated rings. The maximum Gasteiger partial charge on any atom is 0.167 e. The van der Waals surface area contributed by atoms with Gasteiger partial charge in [0.1, 0.15) is 0 Å².